The topological polar surface area (TPSA) is 140 Å². The lowest BCUT2D eigenvalue weighted by Gasteiger charge is -2.25. The summed E-state index contributed by atoms with van der Waals surface area (Å²) in [6.45, 7) is 0.578. The molecule has 0 bridgehead atoms. The number of hydrogen-bond acceptors (Lipinski definition) is 8. The number of ether oxygens (including phenoxy) is 3. The van der Waals surface area contributed by atoms with E-state index in [-0.39, 0.29) is 30.6 Å². The summed E-state index contributed by atoms with van der Waals surface area (Å²) in [5, 5.41) is 12.4. The highest BCUT2D eigenvalue weighted by atomic mass is 16.5. The van der Waals surface area contributed by atoms with Crippen molar-refractivity contribution in [1.82, 2.24) is 20.2 Å². The number of allylic oxidation sites excluding steroid dienone is 2. The van der Waals surface area contributed by atoms with Crippen LogP contribution in [0.1, 0.15) is 44.9 Å². The number of amides is 2. The zero-order chi connectivity index (χ0) is 29.4. The molecule has 4 atom stereocenters. The van der Waals surface area contributed by atoms with Crippen LogP contribution in [0.4, 0.5) is 0 Å². The molecule has 0 spiro atoms. The molecule has 2 N–H and O–H groups in total. The Morgan fingerprint density at radius 1 is 1.00 bits per heavy atom. The highest BCUT2D eigenvalue weighted by Crippen LogP contribution is 2.37. The van der Waals surface area contributed by atoms with Crippen LogP contribution in [0.15, 0.2) is 42.5 Å². The van der Waals surface area contributed by atoms with Gasteiger partial charge in [-0.15, -0.1) is 0 Å². The van der Waals surface area contributed by atoms with Crippen molar-refractivity contribution in [2.24, 2.45) is 11.8 Å². The maximum absolute atomic E-state index is 13.5. The van der Waals surface area contributed by atoms with Crippen molar-refractivity contribution in [3.63, 3.8) is 0 Å². The Kier molecular flexibility index (Phi) is 10.2. The van der Waals surface area contributed by atoms with Gasteiger partial charge in [-0.1, -0.05) is 12.2 Å². The number of carboxylic acid groups (broad SMARTS) is 1. The Morgan fingerprint density at radius 2 is 1.73 bits per heavy atom. The van der Waals surface area contributed by atoms with Gasteiger partial charge < -0.3 is 29.5 Å². The number of hydrogen-bond donors (Lipinski definition) is 2. The molecule has 1 fully saturated rings. The molecule has 1 aromatic heterocycles. The van der Waals surface area contributed by atoms with Gasteiger partial charge in [0.05, 0.1) is 31.7 Å². The molecule has 220 valence electrons. The summed E-state index contributed by atoms with van der Waals surface area (Å²) in [5.41, 5.74) is 1.38. The zero-order valence-electron chi connectivity index (χ0n) is 23.7. The zero-order valence-corrected chi connectivity index (χ0v) is 23.7. The van der Waals surface area contributed by atoms with Gasteiger partial charge in [0.2, 0.25) is 17.7 Å². The quantitative estimate of drug-likeness (QED) is 0.503. The van der Waals surface area contributed by atoms with Crippen molar-refractivity contribution in [3.05, 3.63) is 42.5 Å². The third-order valence-electron chi connectivity index (χ3n) is 7.61. The van der Waals surface area contributed by atoms with Gasteiger partial charge in [-0.3, -0.25) is 9.59 Å². The number of benzene rings is 1. The third kappa shape index (κ3) is 7.74. The van der Waals surface area contributed by atoms with Gasteiger partial charge in [0.25, 0.3) is 0 Å². The standard InChI is InChI=1S/C30H38N4O7/c1-34-15-9-7-5-4-6-8-10-24(29(37)38)31-27(35)22-16-21(17-23(22)28(34)36)41-26-18-25(32-30(33-26)40-3)19-11-13-20(39-2)14-12-19/h4,6,11-14,18,21-24H,5,7-10,15-17H2,1-3H3,(H,31,35)(H,37,38). The smallest absolute Gasteiger partial charge is 0.326 e. The predicted octanol–water partition coefficient (Wildman–Crippen LogP) is 3.48. The number of carbonyl (C=O) groups is 3. The fourth-order valence-electron chi connectivity index (χ4n) is 5.33. The van der Waals surface area contributed by atoms with Crippen LogP contribution in [0.3, 0.4) is 0 Å². The predicted molar refractivity (Wildman–Crippen MR) is 151 cm³/mol. The first-order valence-corrected chi connectivity index (χ1v) is 14.0. The van der Waals surface area contributed by atoms with Crippen LogP contribution in [-0.4, -0.2) is 77.7 Å². The molecule has 2 heterocycles. The number of fused-ring (bicyclic) bond motifs is 1. The monoisotopic (exact) mass is 566 g/mol. The Hall–Kier alpha value is -4.15. The number of aliphatic carboxylic acids is 1. The maximum Gasteiger partial charge on any atom is 0.326 e. The number of carboxylic acids is 1. The molecule has 2 aliphatic rings. The van der Waals surface area contributed by atoms with Gasteiger partial charge in [-0.2, -0.15) is 9.97 Å². The van der Waals surface area contributed by atoms with E-state index in [9.17, 15) is 19.5 Å². The summed E-state index contributed by atoms with van der Waals surface area (Å²) in [5.74, 6) is -2.11. The fraction of sp³-hybridized carbons (Fsp3) is 0.500. The van der Waals surface area contributed by atoms with Gasteiger partial charge in [0, 0.05) is 25.2 Å². The molecule has 1 aromatic carbocycles. The van der Waals surface area contributed by atoms with Gasteiger partial charge in [0.1, 0.15) is 17.9 Å². The summed E-state index contributed by atoms with van der Waals surface area (Å²) in [6.07, 6.45) is 7.45. The van der Waals surface area contributed by atoms with Crippen LogP contribution in [0.5, 0.6) is 17.6 Å². The number of rotatable bonds is 6. The first-order chi connectivity index (χ1) is 19.8. The normalized spacial score (nSPS) is 24.0. The van der Waals surface area contributed by atoms with E-state index in [1.165, 1.54) is 7.11 Å². The first-order valence-electron chi connectivity index (χ1n) is 14.0. The summed E-state index contributed by atoms with van der Waals surface area (Å²) < 4.78 is 16.8. The second-order valence-electron chi connectivity index (χ2n) is 10.4. The van der Waals surface area contributed by atoms with Crippen LogP contribution < -0.4 is 19.5 Å². The van der Waals surface area contributed by atoms with E-state index < -0.39 is 35.9 Å². The number of methoxy groups -OCH3 is 2. The van der Waals surface area contributed by atoms with Crippen molar-refractivity contribution in [1.29, 1.82) is 0 Å². The summed E-state index contributed by atoms with van der Waals surface area (Å²) >= 11 is 0. The molecule has 2 aromatic rings. The van der Waals surface area contributed by atoms with E-state index in [2.05, 4.69) is 15.3 Å². The summed E-state index contributed by atoms with van der Waals surface area (Å²) in [4.78, 5) is 49.3. The van der Waals surface area contributed by atoms with Crippen LogP contribution in [-0.2, 0) is 14.4 Å². The molecule has 1 saturated carbocycles. The van der Waals surface area contributed by atoms with Crippen molar-refractivity contribution < 1.29 is 33.7 Å². The maximum atomic E-state index is 13.5. The molecular formula is C30H38N4O7. The molecule has 1 aliphatic carbocycles. The average Bonchev–Trinajstić information content (AvgIpc) is 3.40. The molecule has 0 saturated heterocycles. The van der Waals surface area contributed by atoms with Gasteiger partial charge in [0.15, 0.2) is 0 Å². The molecule has 11 nitrogen and oxygen atoms in total. The minimum absolute atomic E-state index is 0.118. The highest BCUT2D eigenvalue weighted by molar-refractivity contribution is 5.90. The van der Waals surface area contributed by atoms with E-state index in [0.717, 1.165) is 24.8 Å². The van der Waals surface area contributed by atoms with Gasteiger partial charge in [-0.05, 0) is 69.2 Å². The van der Waals surface area contributed by atoms with Crippen LogP contribution in [0.2, 0.25) is 0 Å². The number of nitrogens with one attached hydrogen (secondary N) is 1. The van der Waals surface area contributed by atoms with E-state index in [1.54, 1.807) is 25.1 Å². The lowest BCUT2D eigenvalue weighted by molar-refractivity contribution is -0.144. The molecule has 4 unspecified atom stereocenters. The van der Waals surface area contributed by atoms with E-state index in [0.29, 0.717) is 30.8 Å². The van der Waals surface area contributed by atoms with Crippen molar-refractivity contribution in [2.45, 2.75) is 57.1 Å². The fourth-order valence-corrected chi connectivity index (χ4v) is 5.33. The highest BCUT2D eigenvalue weighted by Gasteiger charge is 2.45. The number of nitrogens with zero attached hydrogens (tertiary/aromatic N) is 3. The number of carbonyl (C=O) groups excluding carboxylic acids is 2. The third-order valence-corrected chi connectivity index (χ3v) is 7.61. The Morgan fingerprint density at radius 3 is 2.44 bits per heavy atom. The molecule has 41 heavy (non-hydrogen) atoms. The molecule has 1 aliphatic heterocycles. The average molecular weight is 567 g/mol. The van der Waals surface area contributed by atoms with Crippen LogP contribution in [0.25, 0.3) is 11.3 Å². The Balaban J connectivity index is 1.57. The SMILES string of the molecule is COc1ccc(-c2cc(OC3CC4C(=O)NC(C(=O)O)CCC=CCCCCN(C)C(=O)C4C3)nc(OC)n2)cc1. The Bertz CT molecular complexity index is 1250. The van der Waals surface area contributed by atoms with Crippen molar-refractivity contribution in [2.75, 3.05) is 27.8 Å². The minimum atomic E-state index is -1.10. The van der Waals surface area contributed by atoms with E-state index in [4.69, 9.17) is 14.2 Å². The van der Waals surface area contributed by atoms with Crippen LogP contribution in [0, 0.1) is 11.8 Å². The lowest BCUT2D eigenvalue weighted by atomic mass is 9.93. The van der Waals surface area contributed by atoms with E-state index >= 15 is 0 Å². The molecule has 4 rings (SSSR count). The second kappa shape index (κ2) is 14.0. The molecule has 2 amide bonds. The molecule has 11 heteroatoms. The summed E-state index contributed by atoms with van der Waals surface area (Å²) in [6, 6.07) is 8.13. The summed E-state index contributed by atoms with van der Waals surface area (Å²) in [7, 11) is 4.80. The Labute approximate surface area is 239 Å². The first kappa shape index (κ1) is 29.8. The van der Waals surface area contributed by atoms with Gasteiger partial charge >= 0.3 is 12.0 Å². The minimum Gasteiger partial charge on any atom is -0.497 e. The molecule has 0 radical (unpaired) electrons. The van der Waals surface area contributed by atoms with Crippen molar-refractivity contribution in [3.8, 4) is 28.9 Å². The lowest BCUT2D eigenvalue weighted by Crippen LogP contribution is -2.46. The number of aromatic nitrogens is 2. The molecular weight excluding hydrogens is 528 g/mol. The van der Waals surface area contributed by atoms with Gasteiger partial charge in [-0.25, -0.2) is 4.79 Å². The van der Waals surface area contributed by atoms with Crippen LogP contribution >= 0.6 is 0 Å². The van der Waals surface area contributed by atoms with E-state index in [1.807, 2.05) is 36.4 Å². The largest absolute Gasteiger partial charge is 0.497 e. The van der Waals surface area contributed by atoms with Crippen molar-refractivity contribution >= 4 is 17.8 Å². The second-order valence-corrected chi connectivity index (χ2v) is 10.4.